The molecule has 7 heteroatoms. The Morgan fingerprint density at radius 3 is 2.48 bits per heavy atom. The van der Waals surface area contributed by atoms with Crippen LogP contribution in [0.2, 0.25) is 0 Å². The quantitative estimate of drug-likeness (QED) is 0.747. The second kappa shape index (κ2) is 5.81. The van der Waals surface area contributed by atoms with Gasteiger partial charge in [-0.1, -0.05) is 0 Å². The van der Waals surface area contributed by atoms with Crippen LogP contribution in [0.1, 0.15) is 27.7 Å². The molecule has 2 fully saturated rings. The summed E-state index contributed by atoms with van der Waals surface area (Å²) in [5.41, 5.74) is -0.606. The summed E-state index contributed by atoms with van der Waals surface area (Å²) in [5, 5.41) is 10.2. The van der Waals surface area contributed by atoms with Crippen molar-refractivity contribution in [2.75, 3.05) is 20.3 Å². The lowest BCUT2D eigenvalue weighted by Crippen LogP contribution is -2.59. The van der Waals surface area contributed by atoms with E-state index in [0.29, 0.717) is 13.2 Å². The molecule has 4 atom stereocenters. The zero-order valence-electron chi connectivity index (χ0n) is 13.1. The van der Waals surface area contributed by atoms with Crippen LogP contribution in [0, 0.1) is 0 Å². The number of rotatable bonds is 3. The monoisotopic (exact) mass is 304 g/mol. The van der Waals surface area contributed by atoms with E-state index in [4.69, 9.17) is 18.9 Å². The minimum atomic E-state index is -1.44. The number of esters is 1. The van der Waals surface area contributed by atoms with Gasteiger partial charge in [-0.3, -0.25) is 0 Å². The summed E-state index contributed by atoms with van der Waals surface area (Å²) in [7, 11) is 1.22. The molecule has 2 rings (SSSR count). The average Bonchev–Trinajstić information content (AvgIpc) is 2.76. The summed E-state index contributed by atoms with van der Waals surface area (Å²) in [5.74, 6) is -1.48. The van der Waals surface area contributed by atoms with Crippen molar-refractivity contribution in [2.24, 2.45) is 0 Å². The standard InChI is InChI=1S/C14H24O7/c1-13(2)7-18-10(8-6-19-14(3,4)20-8)11(21-13)9(15)12(16)17-5/h8-11,15H,6-7H2,1-5H3/t8-,9+,10+,11+/m1/s1. The first kappa shape index (κ1) is 16.6. The van der Waals surface area contributed by atoms with Crippen molar-refractivity contribution in [3.8, 4) is 0 Å². The number of carbonyl (C=O) groups is 1. The van der Waals surface area contributed by atoms with Crippen LogP contribution in [0.25, 0.3) is 0 Å². The number of carbonyl (C=O) groups excluding carboxylic acids is 1. The molecule has 7 nitrogen and oxygen atoms in total. The molecule has 2 aliphatic heterocycles. The molecule has 0 aromatic heterocycles. The minimum Gasteiger partial charge on any atom is -0.467 e. The molecule has 0 amide bonds. The summed E-state index contributed by atoms with van der Waals surface area (Å²) in [6.07, 6.45) is -3.33. The molecular weight excluding hydrogens is 280 g/mol. The van der Waals surface area contributed by atoms with E-state index >= 15 is 0 Å². The first-order valence-electron chi connectivity index (χ1n) is 7.02. The van der Waals surface area contributed by atoms with Crippen LogP contribution in [0.15, 0.2) is 0 Å². The second-order valence-corrected chi connectivity index (χ2v) is 6.45. The number of ether oxygens (including phenoxy) is 5. The maximum absolute atomic E-state index is 11.6. The number of aliphatic hydroxyl groups is 1. The largest absolute Gasteiger partial charge is 0.467 e. The minimum absolute atomic E-state index is 0.311. The Hall–Kier alpha value is -0.730. The SMILES string of the molecule is COC(=O)[C@@H](O)[C@@H]1OC(C)(C)CO[C@H]1[C@H]1COC(C)(C)O1. The van der Waals surface area contributed by atoms with Crippen molar-refractivity contribution in [2.45, 2.75) is 63.5 Å². The van der Waals surface area contributed by atoms with Gasteiger partial charge in [-0.2, -0.15) is 0 Å². The second-order valence-electron chi connectivity index (χ2n) is 6.45. The van der Waals surface area contributed by atoms with E-state index in [1.165, 1.54) is 7.11 Å². The van der Waals surface area contributed by atoms with Crippen molar-refractivity contribution in [3.05, 3.63) is 0 Å². The van der Waals surface area contributed by atoms with Gasteiger partial charge in [0.15, 0.2) is 11.9 Å². The van der Waals surface area contributed by atoms with Crippen LogP contribution in [-0.4, -0.2) is 67.2 Å². The van der Waals surface area contributed by atoms with Gasteiger partial charge in [0.2, 0.25) is 0 Å². The third-order valence-corrected chi connectivity index (χ3v) is 3.55. The molecule has 0 radical (unpaired) electrons. The van der Waals surface area contributed by atoms with E-state index in [2.05, 4.69) is 4.74 Å². The molecule has 0 spiro atoms. The Kier molecular flexibility index (Phi) is 4.60. The Bertz CT molecular complexity index is 393. The van der Waals surface area contributed by atoms with Gasteiger partial charge in [0.05, 0.1) is 25.9 Å². The van der Waals surface area contributed by atoms with Crippen molar-refractivity contribution in [1.82, 2.24) is 0 Å². The molecule has 0 saturated carbocycles. The summed E-state index contributed by atoms with van der Waals surface area (Å²) in [4.78, 5) is 11.6. The van der Waals surface area contributed by atoms with Crippen molar-refractivity contribution >= 4 is 5.97 Å². The molecule has 0 aliphatic carbocycles. The third-order valence-electron chi connectivity index (χ3n) is 3.55. The Balaban J connectivity index is 2.15. The van der Waals surface area contributed by atoms with Gasteiger partial charge < -0.3 is 28.8 Å². The Morgan fingerprint density at radius 1 is 1.29 bits per heavy atom. The van der Waals surface area contributed by atoms with E-state index in [-0.39, 0.29) is 0 Å². The van der Waals surface area contributed by atoms with Gasteiger partial charge in [-0.05, 0) is 27.7 Å². The lowest BCUT2D eigenvalue weighted by Gasteiger charge is -2.43. The zero-order chi connectivity index (χ0) is 15.8. The highest BCUT2D eigenvalue weighted by molar-refractivity contribution is 5.75. The summed E-state index contributed by atoms with van der Waals surface area (Å²) in [6, 6.07) is 0. The third kappa shape index (κ3) is 3.73. The van der Waals surface area contributed by atoms with Gasteiger partial charge in [0, 0.05) is 0 Å². The Morgan fingerprint density at radius 2 is 1.95 bits per heavy atom. The van der Waals surface area contributed by atoms with Gasteiger partial charge in [0.1, 0.15) is 18.3 Å². The van der Waals surface area contributed by atoms with Crippen LogP contribution in [0.5, 0.6) is 0 Å². The molecule has 0 aromatic carbocycles. The van der Waals surface area contributed by atoms with E-state index in [1.807, 2.05) is 13.8 Å². The fourth-order valence-electron chi connectivity index (χ4n) is 2.56. The van der Waals surface area contributed by atoms with Crippen LogP contribution in [0.3, 0.4) is 0 Å². The molecule has 122 valence electrons. The molecule has 2 heterocycles. The number of aliphatic hydroxyl groups excluding tert-OH is 1. The number of hydrogen-bond donors (Lipinski definition) is 1. The summed E-state index contributed by atoms with van der Waals surface area (Å²) >= 11 is 0. The maximum atomic E-state index is 11.6. The lowest BCUT2D eigenvalue weighted by molar-refractivity contribution is -0.267. The topological polar surface area (TPSA) is 83.5 Å². The summed E-state index contributed by atoms with van der Waals surface area (Å²) < 4.78 is 27.5. The van der Waals surface area contributed by atoms with Crippen LogP contribution in [0.4, 0.5) is 0 Å². The predicted octanol–water partition coefficient (Wildman–Crippen LogP) is 0.234. The van der Waals surface area contributed by atoms with E-state index in [9.17, 15) is 9.90 Å². The number of methoxy groups -OCH3 is 1. The van der Waals surface area contributed by atoms with Gasteiger partial charge >= 0.3 is 5.97 Å². The lowest BCUT2D eigenvalue weighted by atomic mass is 9.98. The highest BCUT2D eigenvalue weighted by atomic mass is 16.8. The van der Waals surface area contributed by atoms with E-state index in [0.717, 1.165) is 0 Å². The smallest absolute Gasteiger partial charge is 0.337 e. The van der Waals surface area contributed by atoms with Crippen molar-refractivity contribution in [1.29, 1.82) is 0 Å². The van der Waals surface area contributed by atoms with E-state index in [1.54, 1.807) is 13.8 Å². The fraction of sp³-hybridized carbons (Fsp3) is 0.929. The molecule has 0 unspecified atom stereocenters. The molecule has 2 saturated heterocycles. The normalized spacial score (nSPS) is 36.2. The fourth-order valence-corrected chi connectivity index (χ4v) is 2.56. The maximum Gasteiger partial charge on any atom is 0.337 e. The molecule has 0 bridgehead atoms. The molecule has 21 heavy (non-hydrogen) atoms. The zero-order valence-corrected chi connectivity index (χ0v) is 13.1. The first-order chi connectivity index (χ1) is 9.65. The van der Waals surface area contributed by atoms with Crippen LogP contribution in [-0.2, 0) is 28.5 Å². The van der Waals surface area contributed by atoms with Crippen LogP contribution < -0.4 is 0 Å². The van der Waals surface area contributed by atoms with Crippen LogP contribution >= 0.6 is 0 Å². The average molecular weight is 304 g/mol. The van der Waals surface area contributed by atoms with Crippen molar-refractivity contribution < 1.29 is 33.6 Å². The van der Waals surface area contributed by atoms with Crippen molar-refractivity contribution in [3.63, 3.8) is 0 Å². The molecular formula is C14H24O7. The van der Waals surface area contributed by atoms with Gasteiger partial charge in [0.25, 0.3) is 0 Å². The molecule has 2 aliphatic rings. The highest BCUT2D eigenvalue weighted by Crippen LogP contribution is 2.33. The number of hydrogen-bond acceptors (Lipinski definition) is 7. The molecule has 0 aromatic rings. The van der Waals surface area contributed by atoms with Gasteiger partial charge in [-0.15, -0.1) is 0 Å². The molecule has 1 N–H and O–H groups in total. The highest BCUT2D eigenvalue weighted by Gasteiger charge is 2.50. The van der Waals surface area contributed by atoms with Gasteiger partial charge in [-0.25, -0.2) is 4.79 Å². The first-order valence-corrected chi connectivity index (χ1v) is 7.02. The van der Waals surface area contributed by atoms with E-state index < -0.39 is 41.8 Å². The summed E-state index contributed by atoms with van der Waals surface area (Å²) in [6.45, 7) is 7.90. The Labute approximate surface area is 124 Å². The predicted molar refractivity (Wildman–Crippen MR) is 71.6 cm³/mol.